The molecule has 0 aromatic carbocycles. The molecule has 0 unspecified atom stereocenters. The zero-order valence-electron chi connectivity index (χ0n) is 12.1. The molecule has 0 bridgehead atoms. The van der Waals surface area contributed by atoms with Crippen LogP contribution in [0.2, 0.25) is 0 Å². The highest BCUT2D eigenvalue weighted by Crippen LogP contribution is 2.25. The van der Waals surface area contributed by atoms with Crippen molar-refractivity contribution < 1.29 is 4.57 Å². The Balaban J connectivity index is 3.51. The van der Waals surface area contributed by atoms with Crippen molar-refractivity contribution >= 4 is 0 Å². The van der Waals surface area contributed by atoms with E-state index in [1.807, 2.05) is 0 Å². The number of aromatic nitrogens is 1. The molecule has 0 N–H and O–H groups in total. The molecule has 1 heterocycles. The highest BCUT2D eigenvalue weighted by atomic mass is 15.0. The van der Waals surface area contributed by atoms with Crippen LogP contribution in [0.4, 0.5) is 0 Å². The Morgan fingerprint density at radius 2 is 1.12 bits per heavy atom. The van der Waals surface area contributed by atoms with Crippen molar-refractivity contribution in [1.29, 1.82) is 0 Å². The third kappa shape index (κ3) is 2.63. The summed E-state index contributed by atoms with van der Waals surface area (Å²) in [5, 5.41) is 0. The highest BCUT2D eigenvalue weighted by molar-refractivity contribution is 5.22. The Morgan fingerprint density at radius 3 is 1.38 bits per heavy atom. The van der Waals surface area contributed by atoms with E-state index in [1.165, 1.54) is 17.0 Å². The van der Waals surface area contributed by atoms with Gasteiger partial charge in [-0.3, -0.25) is 0 Å². The van der Waals surface area contributed by atoms with E-state index in [1.54, 1.807) is 0 Å². The molecule has 1 nitrogen and oxygen atoms in total. The summed E-state index contributed by atoms with van der Waals surface area (Å²) in [5.74, 6) is 0. The van der Waals surface area contributed by atoms with E-state index < -0.39 is 0 Å². The molecule has 0 fully saturated rings. The maximum Gasteiger partial charge on any atom is 0.186 e. The van der Waals surface area contributed by atoms with Crippen molar-refractivity contribution in [3.8, 4) is 0 Å². The van der Waals surface area contributed by atoms with Crippen molar-refractivity contribution in [1.82, 2.24) is 0 Å². The van der Waals surface area contributed by atoms with E-state index in [0.717, 1.165) is 0 Å². The molecule has 0 aliphatic heterocycles. The van der Waals surface area contributed by atoms with Crippen LogP contribution in [0.3, 0.4) is 0 Å². The molecule has 0 spiro atoms. The quantitative estimate of drug-likeness (QED) is 0.590. The Labute approximate surface area is 101 Å². The van der Waals surface area contributed by atoms with Gasteiger partial charge in [0.15, 0.2) is 11.4 Å². The van der Waals surface area contributed by atoms with E-state index in [9.17, 15) is 0 Å². The van der Waals surface area contributed by atoms with Gasteiger partial charge in [-0.15, -0.1) is 0 Å². The number of nitrogens with zero attached hydrogens (tertiary/aromatic N) is 1. The summed E-state index contributed by atoms with van der Waals surface area (Å²) < 4.78 is 2.35. The van der Waals surface area contributed by atoms with Gasteiger partial charge in [0.1, 0.15) is 7.05 Å². The van der Waals surface area contributed by atoms with Crippen LogP contribution in [-0.4, -0.2) is 0 Å². The fourth-order valence-electron chi connectivity index (χ4n) is 2.24. The smallest absolute Gasteiger partial charge is 0.186 e. The summed E-state index contributed by atoms with van der Waals surface area (Å²) in [4.78, 5) is 0. The molecule has 0 saturated carbocycles. The first-order chi connectivity index (χ1) is 7.03. The van der Waals surface area contributed by atoms with Crippen molar-refractivity contribution in [3.05, 3.63) is 29.1 Å². The first kappa shape index (κ1) is 13.2. The molecular formula is C15H26N+. The van der Waals surface area contributed by atoms with Crippen molar-refractivity contribution in [2.75, 3.05) is 0 Å². The van der Waals surface area contributed by atoms with E-state index in [-0.39, 0.29) is 10.8 Å². The van der Waals surface area contributed by atoms with Gasteiger partial charge < -0.3 is 0 Å². The molecule has 1 rings (SSSR count). The van der Waals surface area contributed by atoms with Gasteiger partial charge in [0.2, 0.25) is 0 Å². The van der Waals surface area contributed by atoms with Crippen LogP contribution < -0.4 is 4.57 Å². The van der Waals surface area contributed by atoms with E-state index in [2.05, 4.69) is 72.2 Å². The predicted molar refractivity (Wildman–Crippen MR) is 69.8 cm³/mol. The Hall–Kier alpha value is -0.850. The summed E-state index contributed by atoms with van der Waals surface area (Å²) in [6, 6.07) is 4.60. The van der Waals surface area contributed by atoms with Crippen molar-refractivity contribution in [2.45, 2.75) is 59.3 Å². The first-order valence-electron chi connectivity index (χ1n) is 6.05. The predicted octanol–water partition coefficient (Wildman–Crippen LogP) is 3.41. The second kappa shape index (κ2) is 3.87. The Morgan fingerprint density at radius 1 is 0.812 bits per heavy atom. The minimum atomic E-state index is 0.195. The zero-order valence-corrected chi connectivity index (χ0v) is 12.1. The molecule has 0 amide bonds. The molecule has 16 heavy (non-hydrogen) atoms. The lowest BCUT2D eigenvalue weighted by Crippen LogP contribution is -2.47. The summed E-state index contributed by atoms with van der Waals surface area (Å²) >= 11 is 0. The lowest BCUT2D eigenvalue weighted by molar-refractivity contribution is -0.693. The molecule has 0 aliphatic rings. The largest absolute Gasteiger partial charge is 0.201 e. The van der Waals surface area contributed by atoms with Gasteiger partial charge >= 0.3 is 0 Å². The molecule has 1 heteroatoms. The normalized spacial score (nSPS) is 13.0. The number of pyridine rings is 1. The van der Waals surface area contributed by atoms with Gasteiger partial charge in [-0.05, 0) is 12.5 Å². The lowest BCUT2D eigenvalue weighted by Gasteiger charge is -2.22. The van der Waals surface area contributed by atoms with Crippen LogP contribution in [0.1, 0.15) is 58.5 Å². The number of aryl methyl sites for hydroxylation is 1. The van der Waals surface area contributed by atoms with Crippen LogP contribution >= 0.6 is 0 Å². The van der Waals surface area contributed by atoms with E-state index in [0.29, 0.717) is 0 Å². The van der Waals surface area contributed by atoms with Crippen molar-refractivity contribution in [2.24, 2.45) is 7.05 Å². The van der Waals surface area contributed by atoms with Crippen LogP contribution in [0.15, 0.2) is 12.1 Å². The minimum Gasteiger partial charge on any atom is -0.201 e. The lowest BCUT2D eigenvalue weighted by atomic mass is 9.86. The second-order valence-corrected chi connectivity index (χ2v) is 6.86. The first-order valence-corrected chi connectivity index (χ1v) is 6.05. The third-order valence-electron chi connectivity index (χ3n) is 2.99. The van der Waals surface area contributed by atoms with Gasteiger partial charge in [0.05, 0.1) is 0 Å². The number of rotatable bonds is 0. The minimum absolute atomic E-state index is 0.195. The second-order valence-electron chi connectivity index (χ2n) is 6.86. The van der Waals surface area contributed by atoms with Gasteiger partial charge in [-0.1, -0.05) is 41.5 Å². The SMILES string of the molecule is Cc1cc(C(C)(C)C)[n+](C)c(C(C)(C)C)c1. The van der Waals surface area contributed by atoms with Crippen molar-refractivity contribution in [3.63, 3.8) is 0 Å². The molecule has 0 saturated heterocycles. The van der Waals surface area contributed by atoms with Crippen LogP contribution in [0.25, 0.3) is 0 Å². The molecule has 1 aromatic rings. The third-order valence-corrected chi connectivity index (χ3v) is 2.99. The summed E-state index contributed by atoms with van der Waals surface area (Å²) in [6.45, 7) is 15.8. The molecule has 0 atom stereocenters. The highest BCUT2D eigenvalue weighted by Gasteiger charge is 2.30. The number of hydrogen-bond donors (Lipinski definition) is 0. The summed E-state index contributed by atoms with van der Waals surface area (Å²) in [7, 11) is 2.18. The fraction of sp³-hybridized carbons (Fsp3) is 0.667. The van der Waals surface area contributed by atoms with Gasteiger partial charge in [-0.25, -0.2) is 4.57 Å². The molecule has 90 valence electrons. The molecule has 0 radical (unpaired) electrons. The average molecular weight is 220 g/mol. The fourth-order valence-corrected chi connectivity index (χ4v) is 2.24. The van der Waals surface area contributed by atoms with E-state index in [4.69, 9.17) is 0 Å². The van der Waals surface area contributed by atoms with E-state index >= 15 is 0 Å². The van der Waals surface area contributed by atoms with Crippen LogP contribution in [-0.2, 0) is 17.9 Å². The average Bonchev–Trinajstić information content (AvgIpc) is 2.04. The Bertz CT molecular complexity index is 354. The maximum atomic E-state index is 2.35. The molecule has 1 aromatic heterocycles. The molecule has 0 aliphatic carbocycles. The number of hydrogen-bond acceptors (Lipinski definition) is 0. The zero-order chi connectivity index (χ0) is 12.7. The van der Waals surface area contributed by atoms with Gasteiger partial charge in [-0.2, -0.15) is 0 Å². The van der Waals surface area contributed by atoms with Crippen LogP contribution in [0.5, 0.6) is 0 Å². The monoisotopic (exact) mass is 220 g/mol. The molecular weight excluding hydrogens is 194 g/mol. The van der Waals surface area contributed by atoms with Gasteiger partial charge in [0, 0.05) is 23.0 Å². The van der Waals surface area contributed by atoms with Crippen LogP contribution in [0, 0.1) is 6.92 Å². The summed E-state index contributed by atoms with van der Waals surface area (Å²) in [5.41, 5.74) is 4.55. The summed E-state index contributed by atoms with van der Waals surface area (Å²) in [6.07, 6.45) is 0. The maximum absolute atomic E-state index is 2.35. The standard InChI is InChI=1S/C15H26N/c1-11-9-12(14(2,3)4)16(8)13(10-11)15(5,6)7/h9-10H,1-8H3/q+1. The topological polar surface area (TPSA) is 3.88 Å². The Kier molecular flexibility index (Phi) is 3.20. The van der Waals surface area contributed by atoms with Gasteiger partial charge in [0.25, 0.3) is 0 Å².